The maximum Gasteiger partial charge on any atom is 0.238 e. The lowest BCUT2D eigenvalue weighted by molar-refractivity contribution is -0.120. The average Bonchev–Trinajstić information content (AvgIpc) is 3.58. The second-order valence-corrected chi connectivity index (χ2v) is 9.81. The SMILES string of the molecule is O=C(NC1CC1)C(Sc1nnc(CN2CCCCC2)n1-c1ccc(F)cc1)c1ccccc1. The fraction of sp³-hybridized carbons (Fsp3) is 0.400. The van der Waals surface area contributed by atoms with Crippen LogP contribution in [0.2, 0.25) is 0 Å². The number of benzene rings is 2. The Morgan fingerprint density at radius 1 is 1.03 bits per heavy atom. The highest BCUT2D eigenvalue weighted by Crippen LogP contribution is 2.37. The standard InChI is InChI=1S/C25H28FN5OS/c26-19-9-13-21(14-10-19)31-22(17-30-15-5-2-6-16-30)28-29-25(31)33-23(18-7-3-1-4-8-18)24(32)27-20-11-12-20/h1,3-4,7-10,13-14,20,23H,2,5-6,11-12,15-17H2,(H,27,32). The first-order valence-electron chi connectivity index (χ1n) is 11.6. The number of amides is 1. The van der Waals surface area contributed by atoms with E-state index in [-0.39, 0.29) is 17.8 Å². The van der Waals surface area contributed by atoms with Crippen LogP contribution in [0.25, 0.3) is 5.69 Å². The van der Waals surface area contributed by atoms with Gasteiger partial charge in [-0.1, -0.05) is 48.5 Å². The fourth-order valence-electron chi connectivity index (χ4n) is 4.16. The summed E-state index contributed by atoms with van der Waals surface area (Å²) in [5.74, 6) is 0.505. The third kappa shape index (κ3) is 5.45. The average molecular weight is 466 g/mol. The second-order valence-electron chi connectivity index (χ2n) is 8.74. The van der Waals surface area contributed by atoms with Gasteiger partial charge in [0.05, 0.1) is 6.54 Å². The maximum absolute atomic E-state index is 13.7. The first-order chi connectivity index (χ1) is 16.2. The minimum absolute atomic E-state index is 0.0139. The number of likely N-dealkylation sites (tertiary alicyclic amines) is 1. The van der Waals surface area contributed by atoms with Gasteiger partial charge >= 0.3 is 0 Å². The van der Waals surface area contributed by atoms with Gasteiger partial charge in [-0.15, -0.1) is 10.2 Å². The number of piperidine rings is 1. The van der Waals surface area contributed by atoms with Crippen molar-refractivity contribution in [2.24, 2.45) is 0 Å². The van der Waals surface area contributed by atoms with Crippen LogP contribution in [0.3, 0.4) is 0 Å². The molecule has 0 bridgehead atoms. The Morgan fingerprint density at radius 2 is 1.76 bits per heavy atom. The predicted octanol–water partition coefficient (Wildman–Crippen LogP) is 4.50. The van der Waals surface area contributed by atoms with Gasteiger partial charge in [-0.05, 0) is 68.6 Å². The van der Waals surface area contributed by atoms with Gasteiger partial charge in [0.15, 0.2) is 11.0 Å². The van der Waals surface area contributed by atoms with Crippen molar-refractivity contribution in [2.45, 2.75) is 55.1 Å². The van der Waals surface area contributed by atoms with E-state index in [9.17, 15) is 9.18 Å². The summed E-state index contributed by atoms with van der Waals surface area (Å²) in [4.78, 5) is 15.6. The van der Waals surface area contributed by atoms with E-state index in [0.29, 0.717) is 11.7 Å². The van der Waals surface area contributed by atoms with Gasteiger partial charge in [-0.3, -0.25) is 14.3 Å². The van der Waals surface area contributed by atoms with E-state index in [1.165, 1.54) is 43.2 Å². The van der Waals surface area contributed by atoms with E-state index in [2.05, 4.69) is 20.4 Å². The van der Waals surface area contributed by atoms with Crippen molar-refractivity contribution in [3.63, 3.8) is 0 Å². The van der Waals surface area contributed by atoms with Crippen molar-refractivity contribution in [2.75, 3.05) is 13.1 Å². The molecule has 1 atom stereocenters. The summed E-state index contributed by atoms with van der Waals surface area (Å²) in [6.45, 7) is 2.75. The van der Waals surface area contributed by atoms with Gasteiger partial charge in [0.2, 0.25) is 5.91 Å². The molecule has 1 aliphatic heterocycles. The number of nitrogens with one attached hydrogen (secondary N) is 1. The molecule has 2 heterocycles. The topological polar surface area (TPSA) is 63.1 Å². The van der Waals surface area contributed by atoms with Gasteiger partial charge < -0.3 is 5.32 Å². The molecule has 1 amide bonds. The van der Waals surface area contributed by atoms with Crippen LogP contribution in [0, 0.1) is 5.82 Å². The first kappa shape index (κ1) is 22.1. The van der Waals surface area contributed by atoms with E-state index < -0.39 is 5.25 Å². The fourth-order valence-corrected chi connectivity index (χ4v) is 5.24. The number of thioether (sulfide) groups is 1. The molecule has 1 N–H and O–H groups in total. The molecule has 172 valence electrons. The van der Waals surface area contributed by atoms with Crippen molar-refractivity contribution in [1.82, 2.24) is 25.0 Å². The zero-order chi connectivity index (χ0) is 22.6. The van der Waals surface area contributed by atoms with Crippen LogP contribution in [-0.2, 0) is 11.3 Å². The third-order valence-corrected chi connectivity index (χ3v) is 7.28. The molecule has 1 aliphatic carbocycles. The molecular weight excluding hydrogens is 437 g/mol. The number of carbonyl (C=O) groups excluding carboxylic acids is 1. The molecule has 1 unspecified atom stereocenters. The molecule has 3 aromatic rings. The lowest BCUT2D eigenvalue weighted by Gasteiger charge is -2.26. The van der Waals surface area contributed by atoms with Gasteiger partial charge in [0.25, 0.3) is 0 Å². The highest BCUT2D eigenvalue weighted by Gasteiger charge is 2.31. The number of halogens is 1. The Hall–Kier alpha value is -2.71. The highest BCUT2D eigenvalue weighted by atomic mass is 32.2. The predicted molar refractivity (Wildman–Crippen MR) is 127 cm³/mol. The Kier molecular flexibility index (Phi) is 6.73. The van der Waals surface area contributed by atoms with Crippen molar-refractivity contribution in [3.05, 3.63) is 71.8 Å². The largest absolute Gasteiger partial charge is 0.352 e. The number of carbonyl (C=O) groups is 1. The van der Waals surface area contributed by atoms with Gasteiger partial charge in [0, 0.05) is 11.7 Å². The van der Waals surface area contributed by atoms with Gasteiger partial charge in [-0.25, -0.2) is 4.39 Å². The van der Waals surface area contributed by atoms with Crippen molar-refractivity contribution >= 4 is 17.7 Å². The van der Waals surface area contributed by atoms with Gasteiger partial charge in [-0.2, -0.15) is 0 Å². The number of rotatable bonds is 8. The van der Waals surface area contributed by atoms with Crippen LogP contribution >= 0.6 is 11.8 Å². The normalized spacial score (nSPS) is 17.6. The summed E-state index contributed by atoms with van der Waals surface area (Å²) in [7, 11) is 0. The highest BCUT2D eigenvalue weighted by molar-refractivity contribution is 8.00. The Bertz CT molecular complexity index is 1080. The molecular formula is C25H28FN5OS. The maximum atomic E-state index is 13.7. The minimum Gasteiger partial charge on any atom is -0.352 e. The van der Waals surface area contributed by atoms with Crippen molar-refractivity contribution in [3.8, 4) is 5.69 Å². The molecule has 6 nitrogen and oxygen atoms in total. The van der Waals surface area contributed by atoms with Crippen LogP contribution in [-0.4, -0.2) is 44.7 Å². The molecule has 33 heavy (non-hydrogen) atoms. The second kappa shape index (κ2) is 10.1. The number of aromatic nitrogens is 3. The Balaban J connectivity index is 1.48. The smallest absolute Gasteiger partial charge is 0.238 e. The molecule has 2 aromatic carbocycles. The van der Waals surface area contributed by atoms with Crippen LogP contribution in [0.5, 0.6) is 0 Å². The van der Waals surface area contributed by atoms with E-state index in [4.69, 9.17) is 0 Å². The van der Waals surface area contributed by atoms with Crippen LogP contribution in [0.15, 0.2) is 59.8 Å². The van der Waals surface area contributed by atoms with Crippen LogP contribution < -0.4 is 5.32 Å². The van der Waals surface area contributed by atoms with Crippen molar-refractivity contribution in [1.29, 1.82) is 0 Å². The molecule has 0 spiro atoms. The molecule has 2 aliphatic rings. The van der Waals surface area contributed by atoms with Crippen molar-refractivity contribution < 1.29 is 9.18 Å². The Labute approximate surface area is 197 Å². The first-order valence-corrected chi connectivity index (χ1v) is 12.5. The summed E-state index contributed by atoms with van der Waals surface area (Å²) in [6.07, 6.45) is 5.69. The summed E-state index contributed by atoms with van der Waals surface area (Å²) < 4.78 is 15.6. The number of nitrogens with zero attached hydrogens (tertiary/aromatic N) is 4. The molecule has 0 radical (unpaired) electrons. The zero-order valence-electron chi connectivity index (χ0n) is 18.5. The summed E-state index contributed by atoms with van der Waals surface area (Å²) in [5, 5.41) is 12.3. The summed E-state index contributed by atoms with van der Waals surface area (Å²) >= 11 is 1.39. The van der Waals surface area contributed by atoms with Crippen LogP contribution in [0.1, 0.15) is 48.7 Å². The van der Waals surface area contributed by atoms with Gasteiger partial charge in [0.1, 0.15) is 11.1 Å². The lowest BCUT2D eigenvalue weighted by Crippen LogP contribution is -2.30. The summed E-state index contributed by atoms with van der Waals surface area (Å²) in [5.41, 5.74) is 1.72. The minimum atomic E-state index is -0.446. The summed E-state index contributed by atoms with van der Waals surface area (Å²) in [6, 6.07) is 16.4. The molecule has 2 fully saturated rings. The quantitative estimate of drug-likeness (QED) is 0.496. The third-order valence-electron chi connectivity index (χ3n) is 6.09. The monoisotopic (exact) mass is 465 g/mol. The number of hydrogen-bond donors (Lipinski definition) is 1. The Morgan fingerprint density at radius 3 is 2.45 bits per heavy atom. The molecule has 5 rings (SSSR count). The zero-order valence-corrected chi connectivity index (χ0v) is 19.3. The van der Waals surface area contributed by atoms with E-state index in [1.54, 1.807) is 12.1 Å². The molecule has 1 saturated carbocycles. The molecule has 8 heteroatoms. The van der Waals surface area contributed by atoms with Crippen LogP contribution in [0.4, 0.5) is 4.39 Å². The lowest BCUT2D eigenvalue weighted by atomic mass is 10.1. The molecule has 1 saturated heterocycles. The van der Waals surface area contributed by atoms with E-state index in [1.807, 2.05) is 34.9 Å². The van der Waals surface area contributed by atoms with E-state index >= 15 is 0 Å². The molecule has 1 aromatic heterocycles. The van der Waals surface area contributed by atoms with E-state index in [0.717, 1.165) is 43.0 Å². The number of hydrogen-bond acceptors (Lipinski definition) is 5.